The van der Waals surface area contributed by atoms with Crippen LogP contribution < -0.4 is 4.74 Å². The second-order valence-corrected chi connectivity index (χ2v) is 5.56. The van der Waals surface area contributed by atoms with Crippen molar-refractivity contribution >= 4 is 12.3 Å². The lowest BCUT2D eigenvalue weighted by Gasteiger charge is -2.34. The van der Waals surface area contributed by atoms with Crippen molar-refractivity contribution in [3.8, 4) is 5.75 Å². The van der Waals surface area contributed by atoms with Gasteiger partial charge in [-0.2, -0.15) is 0 Å². The lowest BCUT2D eigenvalue weighted by atomic mass is 10.0. The van der Waals surface area contributed by atoms with Gasteiger partial charge in [-0.1, -0.05) is 13.0 Å². The quantitative estimate of drug-likeness (QED) is 0.639. The third-order valence-corrected chi connectivity index (χ3v) is 3.76. The Kier molecular flexibility index (Phi) is 6.12. The fraction of sp³-hybridized carbons (Fsp3) is 0.529. The van der Waals surface area contributed by atoms with Gasteiger partial charge in [0.1, 0.15) is 11.9 Å². The van der Waals surface area contributed by atoms with Gasteiger partial charge in [0.05, 0.1) is 18.3 Å². The average Bonchev–Trinajstić information content (AvgIpc) is 2.54. The van der Waals surface area contributed by atoms with Gasteiger partial charge in [-0.15, -0.1) is 0 Å². The lowest BCUT2D eigenvalue weighted by Crippen LogP contribution is -2.40. The van der Waals surface area contributed by atoms with Gasteiger partial charge in [-0.05, 0) is 24.1 Å². The number of benzene rings is 1. The number of hydrogen-bond acceptors (Lipinski definition) is 6. The highest BCUT2D eigenvalue weighted by Gasteiger charge is 2.32. The fourth-order valence-corrected chi connectivity index (χ4v) is 2.64. The summed E-state index contributed by atoms with van der Waals surface area (Å²) in [6, 6.07) is 4.90. The van der Waals surface area contributed by atoms with Crippen LogP contribution in [0.3, 0.4) is 0 Å². The highest BCUT2D eigenvalue weighted by molar-refractivity contribution is 5.79. The third kappa shape index (κ3) is 4.77. The normalized spacial score (nSPS) is 24.0. The molecule has 1 saturated heterocycles. The maximum absolute atomic E-state index is 11.2. The first-order valence-electron chi connectivity index (χ1n) is 7.74. The van der Waals surface area contributed by atoms with Crippen LogP contribution in [0.2, 0.25) is 0 Å². The van der Waals surface area contributed by atoms with Crippen LogP contribution in [-0.4, -0.2) is 35.9 Å². The molecule has 3 unspecified atom stereocenters. The molecule has 3 atom stereocenters. The van der Waals surface area contributed by atoms with Crippen molar-refractivity contribution in [3.63, 3.8) is 0 Å². The fourth-order valence-electron chi connectivity index (χ4n) is 2.64. The summed E-state index contributed by atoms with van der Waals surface area (Å²) in [6.07, 6.45) is 1.61. The molecule has 0 radical (unpaired) electrons. The maximum atomic E-state index is 11.2. The van der Waals surface area contributed by atoms with E-state index >= 15 is 0 Å². The summed E-state index contributed by atoms with van der Waals surface area (Å²) in [6.45, 7) is 3.22. The van der Waals surface area contributed by atoms with E-state index in [0.717, 1.165) is 6.42 Å². The molecule has 1 aliphatic rings. The minimum absolute atomic E-state index is 0.0607. The van der Waals surface area contributed by atoms with E-state index in [2.05, 4.69) is 0 Å². The number of ether oxygens (including phenoxy) is 3. The monoisotopic (exact) mass is 322 g/mol. The molecular formula is C17H22O6. The topological polar surface area (TPSA) is 82.1 Å². The van der Waals surface area contributed by atoms with Crippen LogP contribution in [0.5, 0.6) is 5.75 Å². The number of carbonyl (C=O) groups is 2. The second kappa shape index (κ2) is 8.08. The summed E-state index contributed by atoms with van der Waals surface area (Å²) < 4.78 is 16.9. The van der Waals surface area contributed by atoms with E-state index in [1.807, 2.05) is 6.92 Å². The summed E-state index contributed by atoms with van der Waals surface area (Å²) in [5.41, 5.74) is 0.982. The average molecular weight is 322 g/mol. The minimum Gasteiger partial charge on any atom is -0.464 e. The number of aliphatic hydroxyl groups is 1. The van der Waals surface area contributed by atoms with Gasteiger partial charge in [0, 0.05) is 19.8 Å². The lowest BCUT2D eigenvalue weighted by molar-refractivity contribution is -0.190. The highest BCUT2D eigenvalue weighted by Crippen LogP contribution is 2.28. The molecule has 6 nitrogen and oxygen atoms in total. The van der Waals surface area contributed by atoms with E-state index in [4.69, 9.17) is 19.3 Å². The smallest absolute Gasteiger partial charge is 0.302 e. The molecule has 0 aliphatic carbocycles. The van der Waals surface area contributed by atoms with Crippen LogP contribution in [-0.2, 0) is 20.9 Å². The Labute approximate surface area is 135 Å². The van der Waals surface area contributed by atoms with Crippen LogP contribution >= 0.6 is 0 Å². The molecule has 1 fully saturated rings. The Morgan fingerprint density at radius 3 is 2.83 bits per heavy atom. The number of aliphatic hydroxyl groups excluding tert-OH is 1. The Bertz CT molecular complexity index is 556. The Hall–Kier alpha value is -1.92. The van der Waals surface area contributed by atoms with Gasteiger partial charge in [-0.25, -0.2) is 0 Å². The molecule has 1 aromatic rings. The van der Waals surface area contributed by atoms with E-state index in [1.165, 1.54) is 6.92 Å². The van der Waals surface area contributed by atoms with Crippen LogP contribution in [0.15, 0.2) is 18.2 Å². The summed E-state index contributed by atoms with van der Waals surface area (Å²) in [5.74, 6) is 0.0620. The summed E-state index contributed by atoms with van der Waals surface area (Å²) >= 11 is 0. The molecule has 1 aromatic carbocycles. The van der Waals surface area contributed by atoms with E-state index in [-0.39, 0.29) is 24.8 Å². The zero-order valence-corrected chi connectivity index (χ0v) is 13.4. The first kappa shape index (κ1) is 17.4. The molecule has 1 heterocycles. The molecule has 1 N–H and O–H groups in total. The van der Waals surface area contributed by atoms with E-state index < -0.39 is 6.29 Å². The highest BCUT2D eigenvalue weighted by atomic mass is 16.7. The van der Waals surface area contributed by atoms with Gasteiger partial charge in [-0.3, -0.25) is 9.59 Å². The molecule has 0 spiro atoms. The van der Waals surface area contributed by atoms with E-state index in [0.29, 0.717) is 36.0 Å². The third-order valence-electron chi connectivity index (χ3n) is 3.76. The molecular weight excluding hydrogens is 300 g/mol. The Morgan fingerprint density at radius 2 is 2.22 bits per heavy atom. The van der Waals surface area contributed by atoms with Crippen molar-refractivity contribution in [2.75, 3.05) is 0 Å². The molecule has 126 valence electrons. The molecule has 0 bridgehead atoms. The summed E-state index contributed by atoms with van der Waals surface area (Å²) in [4.78, 5) is 22.4. The molecule has 0 saturated carbocycles. The first-order chi connectivity index (χ1) is 11.0. The first-order valence-corrected chi connectivity index (χ1v) is 7.74. The van der Waals surface area contributed by atoms with Gasteiger partial charge in [0.25, 0.3) is 0 Å². The van der Waals surface area contributed by atoms with E-state index in [1.54, 1.807) is 18.2 Å². The van der Waals surface area contributed by atoms with Gasteiger partial charge in [0.15, 0.2) is 6.29 Å². The zero-order chi connectivity index (χ0) is 16.8. The van der Waals surface area contributed by atoms with Crippen molar-refractivity contribution in [3.05, 3.63) is 29.3 Å². The van der Waals surface area contributed by atoms with Gasteiger partial charge < -0.3 is 19.3 Å². The predicted molar refractivity (Wildman–Crippen MR) is 82.1 cm³/mol. The summed E-state index contributed by atoms with van der Waals surface area (Å²) in [5, 5.41) is 9.13. The number of rotatable bonds is 6. The van der Waals surface area contributed by atoms with Gasteiger partial charge in [0.2, 0.25) is 6.29 Å². The van der Waals surface area contributed by atoms with E-state index in [9.17, 15) is 9.59 Å². The molecule has 1 aliphatic heterocycles. The van der Waals surface area contributed by atoms with Crippen LogP contribution in [0.4, 0.5) is 0 Å². The van der Waals surface area contributed by atoms with Gasteiger partial charge >= 0.3 is 5.97 Å². The molecule has 6 heteroatoms. The molecule has 23 heavy (non-hydrogen) atoms. The summed E-state index contributed by atoms with van der Waals surface area (Å²) in [7, 11) is 0. The SMILES string of the molecule is CCC1CC(OC(C)=O)CC(Oc2ccc(CO)cc2C=O)O1. The number of carbonyl (C=O) groups excluding carboxylic acids is 2. The minimum atomic E-state index is -0.586. The van der Waals surface area contributed by atoms with Crippen LogP contribution in [0, 0.1) is 0 Å². The number of esters is 1. The molecule has 2 rings (SSSR count). The largest absolute Gasteiger partial charge is 0.464 e. The number of aldehydes is 1. The van der Waals surface area contributed by atoms with Crippen molar-refractivity contribution in [1.82, 2.24) is 0 Å². The maximum Gasteiger partial charge on any atom is 0.302 e. The van der Waals surface area contributed by atoms with Crippen molar-refractivity contribution in [2.45, 2.75) is 58.2 Å². The van der Waals surface area contributed by atoms with Crippen molar-refractivity contribution < 1.29 is 28.9 Å². The van der Waals surface area contributed by atoms with Crippen LogP contribution in [0.25, 0.3) is 0 Å². The number of hydrogen-bond donors (Lipinski definition) is 1. The van der Waals surface area contributed by atoms with Crippen molar-refractivity contribution in [1.29, 1.82) is 0 Å². The zero-order valence-electron chi connectivity index (χ0n) is 13.4. The Balaban J connectivity index is 2.11. The standard InChI is InChI=1S/C17H22O6/c1-3-14-7-15(21-11(2)20)8-17(22-14)23-16-5-4-12(9-18)6-13(16)10-19/h4-6,10,14-15,17-18H,3,7-9H2,1-2H3. The molecule has 0 aromatic heterocycles. The second-order valence-electron chi connectivity index (χ2n) is 5.56. The van der Waals surface area contributed by atoms with Crippen LogP contribution in [0.1, 0.15) is 49.0 Å². The molecule has 0 amide bonds. The predicted octanol–water partition coefficient (Wildman–Crippen LogP) is 2.22. The van der Waals surface area contributed by atoms with Crippen molar-refractivity contribution in [2.24, 2.45) is 0 Å². The Morgan fingerprint density at radius 1 is 1.43 bits per heavy atom.